The number of pyridine rings is 1. The lowest BCUT2D eigenvalue weighted by Crippen LogP contribution is -2.46. The Hall–Kier alpha value is -5.58. The number of aromatic nitrogens is 7. The average molecular weight is 763 g/mol. The summed E-state index contributed by atoms with van der Waals surface area (Å²) in [5.41, 5.74) is -0.254. The Morgan fingerprint density at radius 3 is 2.52 bits per heavy atom. The van der Waals surface area contributed by atoms with Gasteiger partial charge in [0.1, 0.15) is 18.7 Å². The van der Waals surface area contributed by atoms with Gasteiger partial charge in [0, 0.05) is 47.6 Å². The smallest absolute Gasteiger partial charge is 0.416 e. The Morgan fingerprint density at radius 2 is 1.85 bits per heavy atom. The largest absolute Gasteiger partial charge is 0.504 e. The molecule has 8 rings (SSSR count). The molecule has 4 aromatic heterocycles. The second-order valence-corrected chi connectivity index (χ2v) is 14.6. The Morgan fingerprint density at radius 1 is 1.09 bits per heavy atom. The number of likely N-dealkylation sites (tertiary alicyclic amines) is 1. The van der Waals surface area contributed by atoms with Crippen LogP contribution in [0.15, 0.2) is 47.7 Å². The van der Waals surface area contributed by atoms with Crippen LogP contribution in [0.2, 0.25) is 5.02 Å². The van der Waals surface area contributed by atoms with Gasteiger partial charge in [0.2, 0.25) is 11.7 Å². The van der Waals surface area contributed by atoms with Gasteiger partial charge < -0.3 is 25.2 Å². The number of carbonyl (C=O) groups is 2. The Labute approximate surface area is 310 Å². The van der Waals surface area contributed by atoms with Crippen LogP contribution >= 0.6 is 11.6 Å². The lowest BCUT2D eigenvalue weighted by molar-refractivity contribution is -0.137. The van der Waals surface area contributed by atoms with Crippen LogP contribution in [0.4, 0.5) is 24.7 Å². The lowest BCUT2D eigenvalue weighted by atomic mass is 9.73. The molecule has 280 valence electrons. The molecule has 1 saturated carbocycles. The number of rotatable bonds is 7. The number of benzene rings is 1. The summed E-state index contributed by atoms with van der Waals surface area (Å²) in [7, 11) is 0. The number of halogens is 4. The second-order valence-electron chi connectivity index (χ2n) is 14.2. The van der Waals surface area contributed by atoms with Gasteiger partial charge in [-0.3, -0.25) is 14.4 Å². The van der Waals surface area contributed by atoms with Crippen LogP contribution in [0.25, 0.3) is 17.2 Å². The summed E-state index contributed by atoms with van der Waals surface area (Å²) in [5, 5.41) is 20.7. The number of amides is 2. The van der Waals surface area contributed by atoms with Gasteiger partial charge in [-0.15, -0.1) is 5.10 Å². The van der Waals surface area contributed by atoms with Crippen molar-refractivity contribution in [3.63, 3.8) is 0 Å². The van der Waals surface area contributed by atoms with Gasteiger partial charge in [0.05, 0.1) is 22.0 Å². The highest BCUT2D eigenvalue weighted by Gasteiger charge is 2.49. The van der Waals surface area contributed by atoms with E-state index >= 15 is 0 Å². The third-order valence-corrected chi connectivity index (χ3v) is 10.8. The van der Waals surface area contributed by atoms with Gasteiger partial charge in [-0.1, -0.05) is 18.5 Å². The number of aryl methyl sites for hydroxylation is 1. The van der Waals surface area contributed by atoms with Crippen LogP contribution in [0.1, 0.15) is 77.9 Å². The van der Waals surface area contributed by atoms with E-state index in [0.29, 0.717) is 47.9 Å². The van der Waals surface area contributed by atoms with E-state index in [1.165, 1.54) is 10.8 Å². The Kier molecular flexibility index (Phi) is 8.58. The van der Waals surface area contributed by atoms with E-state index in [1.54, 1.807) is 34.7 Å². The molecule has 3 N–H and O–H groups in total. The first kappa shape index (κ1) is 35.4. The van der Waals surface area contributed by atoms with Crippen molar-refractivity contribution in [2.45, 2.75) is 76.0 Å². The molecular formula is C36H34ClF3N10O4. The SMILES string of the molecule is Cc1ncnc(C(=O)N2CCC3(CC2)CC(C)c2c3c(=O)n3nc(-c4ccc(NC5CC5)nc4)nc3n2CC(=O)Nc2ccc(C(F)(F)F)cc2Cl)c1O. The summed E-state index contributed by atoms with van der Waals surface area (Å²) in [5.74, 6) is -0.553. The van der Waals surface area contributed by atoms with Crippen LogP contribution in [0.3, 0.4) is 0 Å². The molecule has 1 saturated heterocycles. The molecule has 1 atom stereocenters. The summed E-state index contributed by atoms with van der Waals surface area (Å²) in [6.07, 6.45) is 1.73. The van der Waals surface area contributed by atoms with Crippen molar-refractivity contribution in [1.82, 2.24) is 39.0 Å². The molecule has 1 spiro atoms. The molecule has 5 heterocycles. The van der Waals surface area contributed by atoms with E-state index in [0.717, 1.165) is 31.0 Å². The number of hydrogen-bond acceptors (Lipinski definition) is 10. The normalized spacial score (nSPS) is 17.9. The van der Waals surface area contributed by atoms with Crippen molar-refractivity contribution in [3.8, 4) is 17.1 Å². The third kappa shape index (κ3) is 6.29. The molecule has 1 aromatic carbocycles. The molecule has 54 heavy (non-hydrogen) atoms. The molecule has 0 radical (unpaired) electrons. The van der Waals surface area contributed by atoms with Gasteiger partial charge in [-0.2, -0.15) is 22.7 Å². The van der Waals surface area contributed by atoms with Gasteiger partial charge in [0.25, 0.3) is 11.5 Å². The number of hydrogen-bond donors (Lipinski definition) is 3. The highest BCUT2D eigenvalue weighted by atomic mass is 35.5. The fourth-order valence-corrected chi connectivity index (χ4v) is 7.91. The van der Waals surface area contributed by atoms with Crippen LogP contribution in [0, 0.1) is 6.92 Å². The maximum atomic E-state index is 14.6. The predicted molar refractivity (Wildman–Crippen MR) is 190 cm³/mol. The maximum Gasteiger partial charge on any atom is 0.416 e. The number of alkyl halides is 3. The van der Waals surface area contributed by atoms with Crippen LogP contribution < -0.4 is 16.2 Å². The van der Waals surface area contributed by atoms with E-state index in [1.807, 2.05) is 6.92 Å². The minimum atomic E-state index is -4.62. The maximum absolute atomic E-state index is 14.6. The minimum Gasteiger partial charge on any atom is -0.504 e. The van der Waals surface area contributed by atoms with E-state index in [-0.39, 0.29) is 65.0 Å². The standard InChI is InChI=1S/C36H34ClF3N10O4/c1-18-14-35(9-11-48(12-10-35)33(54)28-30(52)19(2)42-17-43-28)27-29(18)49(16-26(51)45-24-7-4-21(13-23(24)37)36(38,39)40)34-46-31(47-50(34)32(27)53)20-3-8-25(41-15-20)44-22-5-6-22/h3-4,7-8,13,15,17-18,22,52H,5-6,9-12,14,16H2,1-2H3,(H,41,44)(H,45,51). The molecule has 2 aliphatic carbocycles. The first-order chi connectivity index (χ1) is 25.7. The van der Waals surface area contributed by atoms with Crippen molar-refractivity contribution in [2.24, 2.45) is 0 Å². The number of nitrogens with zero attached hydrogens (tertiary/aromatic N) is 8. The van der Waals surface area contributed by atoms with Crippen LogP contribution in [0.5, 0.6) is 5.75 Å². The van der Waals surface area contributed by atoms with E-state index < -0.39 is 34.5 Å². The first-order valence-electron chi connectivity index (χ1n) is 17.5. The molecule has 3 aliphatic rings. The zero-order valence-corrected chi connectivity index (χ0v) is 29.9. The zero-order chi connectivity index (χ0) is 38.1. The molecule has 18 heteroatoms. The van der Waals surface area contributed by atoms with Gasteiger partial charge >= 0.3 is 6.18 Å². The van der Waals surface area contributed by atoms with E-state index in [4.69, 9.17) is 16.6 Å². The van der Waals surface area contributed by atoms with Crippen molar-refractivity contribution in [2.75, 3.05) is 23.7 Å². The number of fused-ring (bicyclic) bond motifs is 3. The molecule has 5 aromatic rings. The first-order valence-corrected chi connectivity index (χ1v) is 17.8. The van der Waals surface area contributed by atoms with Gasteiger partial charge in [-0.25, -0.2) is 15.0 Å². The highest BCUT2D eigenvalue weighted by molar-refractivity contribution is 6.33. The Balaban J connectivity index is 1.16. The molecule has 1 unspecified atom stereocenters. The Bertz CT molecular complexity index is 2390. The zero-order valence-electron chi connectivity index (χ0n) is 29.1. The topological polar surface area (TPSA) is 173 Å². The molecular weight excluding hydrogens is 729 g/mol. The average Bonchev–Trinajstić information content (AvgIpc) is 3.75. The predicted octanol–water partition coefficient (Wildman–Crippen LogP) is 5.32. The molecule has 2 amide bonds. The number of piperidine rings is 1. The molecule has 1 aliphatic heterocycles. The monoisotopic (exact) mass is 762 g/mol. The number of aromatic hydroxyl groups is 1. The van der Waals surface area contributed by atoms with Crippen LogP contribution in [-0.2, 0) is 22.9 Å². The number of carbonyl (C=O) groups excluding carboxylic acids is 2. The van der Waals surface area contributed by atoms with Crippen molar-refractivity contribution in [3.05, 3.63) is 86.4 Å². The minimum absolute atomic E-state index is 0.0111. The van der Waals surface area contributed by atoms with Crippen molar-refractivity contribution in [1.29, 1.82) is 0 Å². The summed E-state index contributed by atoms with van der Waals surface area (Å²) < 4.78 is 42.7. The lowest BCUT2D eigenvalue weighted by Gasteiger charge is -2.39. The van der Waals surface area contributed by atoms with Crippen molar-refractivity contribution < 1.29 is 27.9 Å². The number of anilines is 2. The quantitative estimate of drug-likeness (QED) is 0.197. The number of nitrogens with one attached hydrogen (secondary N) is 2. The highest BCUT2D eigenvalue weighted by Crippen LogP contribution is 2.50. The van der Waals surface area contributed by atoms with E-state index in [2.05, 4.69) is 30.7 Å². The second kappa shape index (κ2) is 13.1. The fourth-order valence-electron chi connectivity index (χ4n) is 7.69. The van der Waals surface area contributed by atoms with Gasteiger partial charge in [-0.05, 0) is 75.3 Å². The fraction of sp³-hybridized carbons (Fsp3) is 0.389. The van der Waals surface area contributed by atoms with Crippen LogP contribution in [-0.4, -0.2) is 75.1 Å². The summed E-state index contributed by atoms with van der Waals surface area (Å²) in [6, 6.07) is 6.66. The third-order valence-electron chi connectivity index (χ3n) is 10.5. The van der Waals surface area contributed by atoms with Gasteiger partial charge in [0.15, 0.2) is 17.3 Å². The summed E-state index contributed by atoms with van der Waals surface area (Å²) >= 11 is 6.17. The molecule has 2 fully saturated rings. The molecule has 14 nitrogen and oxygen atoms in total. The van der Waals surface area contributed by atoms with Crippen molar-refractivity contribution >= 4 is 40.7 Å². The summed E-state index contributed by atoms with van der Waals surface area (Å²) in [4.78, 5) is 60.4. The van der Waals surface area contributed by atoms with E-state index in [9.17, 15) is 32.7 Å². The molecule has 0 bridgehead atoms. The summed E-state index contributed by atoms with van der Waals surface area (Å²) in [6.45, 7) is 3.71.